The number of carbonyl (C=O) groups is 1. The summed E-state index contributed by atoms with van der Waals surface area (Å²) in [6.45, 7) is 0. The molecule has 0 aliphatic heterocycles. The second-order valence-corrected chi connectivity index (χ2v) is 6.36. The molecule has 0 N–H and O–H groups in total. The summed E-state index contributed by atoms with van der Waals surface area (Å²) in [6, 6.07) is 16.1. The molecule has 2 heteroatoms. The van der Waals surface area contributed by atoms with E-state index in [1.54, 1.807) is 0 Å². The number of ketones is 1. The summed E-state index contributed by atoms with van der Waals surface area (Å²) < 4.78 is 1.04. The standard InChI is InChI=1S/C18H17BrO/c19-15-10-8-13(9-11-15)12-18(20)17-7-2-1-6-16(17)14-4-3-5-14/h1-2,6-11,14H,3-5,12H2. The lowest BCUT2D eigenvalue weighted by Gasteiger charge is -2.27. The van der Waals surface area contributed by atoms with Crippen LogP contribution in [0.3, 0.4) is 0 Å². The summed E-state index contributed by atoms with van der Waals surface area (Å²) in [5.41, 5.74) is 3.24. The first kappa shape index (κ1) is 13.6. The summed E-state index contributed by atoms with van der Waals surface area (Å²) in [6.07, 6.45) is 4.22. The lowest BCUT2D eigenvalue weighted by atomic mass is 9.77. The van der Waals surface area contributed by atoms with Crippen molar-refractivity contribution in [3.05, 3.63) is 69.7 Å². The molecule has 3 rings (SSSR count). The molecule has 0 bridgehead atoms. The average molecular weight is 329 g/mol. The molecule has 2 aromatic rings. The van der Waals surface area contributed by atoms with Crippen molar-refractivity contribution in [2.75, 3.05) is 0 Å². The second-order valence-electron chi connectivity index (χ2n) is 5.44. The van der Waals surface area contributed by atoms with Crippen LogP contribution in [0.5, 0.6) is 0 Å². The van der Waals surface area contributed by atoms with Gasteiger partial charge in [0.1, 0.15) is 0 Å². The van der Waals surface area contributed by atoms with E-state index in [1.165, 1.54) is 24.8 Å². The van der Waals surface area contributed by atoms with Crippen molar-refractivity contribution in [2.45, 2.75) is 31.6 Å². The molecule has 102 valence electrons. The third-order valence-corrected chi connectivity index (χ3v) is 4.61. The fraction of sp³-hybridized carbons (Fsp3) is 0.278. The van der Waals surface area contributed by atoms with Crippen LogP contribution in [0.25, 0.3) is 0 Å². The highest BCUT2D eigenvalue weighted by Gasteiger charge is 2.23. The third kappa shape index (κ3) is 2.85. The van der Waals surface area contributed by atoms with Gasteiger partial charge in [0.25, 0.3) is 0 Å². The molecule has 0 aromatic heterocycles. The molecular formula is C18H17BrO. The summed E-state index contributed by atoms with van der Waals surface area (Å²) in [4.78, 5) is 12.6. The summed E-state index contributed by atoms with van der Waals surface area (Å²) in [7, 11) is 0. The monoisotopic (exact) mass is 328 g/mol. The van der Waals surface area contributed by atoms with Crippen molar-refractivity contribution in [2.24, 2.45) is 0 Å². The fourth-order valence-electron chi connectivity index (χ4n) is 2.71. The van der Waals surface area contributed by atoms with E-state index in [2.05, 4.69) is 22.0 Å². The molecule has 20 heavy (non-hydrogen) atoms. The smallest absolute Gasteiger partial charge is 0.167 e. The van der Waals surface area contributed by atoms with E-state index in [-0.39, 0.29) is 5.78 Å². The number of hydrogen-bond donors (Lipinski definition) is 0. The minimum absolute atomic E-state index is 0.231. The van der Waals surface area contributed by atoms with E-state index in [0.717, 1.165) is 15.6 Å². The molecule has 0 saturated heterocycles. The van der Waals surface area contributed by atoms with Crippen LogP contribution in [0.1, 0.15) is 46.7 Å². The minimum Gasteiger partial charge on any atom is -0.294 e. The van der Waals surface area contributed by atoms with Crippen LogP contribution in [0.2, 0.25) is 0 Å². The van der Waals surface area contributed by atoms with Crippen molar-refractivity contribution in [1.29, 1.82) is 0 Å². The second kappa shape index (κ2) is 5.92. The quantitative estimate of drug-likeness (QED) is 0.710. The zero-order valence-electron chi connectivity index (χ0n) is 11.3. The van der Waals surface area contributed by atoms with Gasteiger partial charge in [-0.3, -0.25) is 4.79 Å². The predicted octanol–water partition coefficient (Wildman–Crippen LogP) is 5.14. The van der Waals surface area contributed by atoms with Crippen molar-refractivity contribution in [1.82, 2.24) is 0 Å². The van der Waals surface area contributed by atoms with E-state index in [1.807, 2.05) is 42.5 Å². The molecule has 1 aliphatic rings. The zero-order chi connectivity index (χ0) is 13.9. The van der Waals surface area contributed by atoms with Gasteiger partial charge in [-0.15, -0.1) is 0 Å². The molecule has 0 unspecified atom stereocenters. The molecule has 1 nitrogen and oxygen atoms in total. The molecule has 0 spiro atoms. The van der Waals surface area contributed by atoms with E-state index in [9.17, 15) is 4.79 Å². The lowest BCUT2D eigenvalue weighted by molar-refractivity contribution is 0.0991. The number of halogens is 1. The van der Waals surface area contributed by atoms with Crippen molar-refractivity contribution in [3.63, 3.8) is 0 Å². The zero-order valence-corrected chi connectivity index (χ0v) is 12.9. The summed E-state index contributed by atoms with van der Waals surface area (Å²) in [5.74, 6) is 0.829. The molecule has 1 fully saturated rings. The van der Waals surface area contributed by atoms with Crippen LogP contribution in [-0.4, -0.2) is 5.78 Å². The summed E-state index contributed by atoms with van der Waals surface area (Å²) in [5, 5.41) is 0. The van der Waals surface area contributed by atoms with Gasteiger partial charge in [-0.05, 0) is 42.0 Å². The molecular weight excluding hydrogens is 312 g/mol. The molecule has 0 heterocycles. The largest absolute Gasteiger partial charge is 0.294 e. The fourth-order valence-corrected chi connectivity index (χ4v) is 2.97. The Kier molecular flexibility index (Phi) is 4.02. The molecule has 1 aliphatic carbocycles. The Morgan fingerprint density at radius 1 is 1.05 bits per heavy atom. The Hall–Kier alpha value is -1.41. The van der Waals surface area contributed by atoms with Crippen molar-refractivity contribution >= 4 is 21.7 Å². The first-order chi connectivity index (χ1) is 9.74. The lowest BCUT2D eigenvalue weighted by Crippen LogP contribution is -2.15. The molecule has 2 aromatic carbocycles. The van der Waals surface area contributed by atoms with Gasteiger partial charge in [0.15, 0.2) is 5.78 Å². The van der Waals surface area contributed by atoms with Crippen LogP contribution >= 0.6 is 15.9 Å². The highest BCUT2D eigenvalue weighted by atomic mass is 79.9. The van der Waals surface area contributed by atoms with Crippen LogP contribution in [0.15, 0.2) is 53.0 Å². The van der Waals surface area contributed by atoms with Crippen LogP contribution < -0.4 is 0 Å². The number of benzene rings is 2. The Bertz CT molecular complexity index is 612. The van der Waals surface area contributed by atoms with Gasteiger partial charge < -0.3 is 0 Å². The van der Waals surface area contributed by atoms with Crippen LogP contribution in [-0.2, 0) is 6.42 Å². The SMILES string of the molecule is O=C(Cc1ccc(Br)cc1)c1ccccc1C1CCC1. The topological polar surface area (TPSA) is 17.1 Å². The van der Waals surface area contributed by atoms with E-state index < -0.39 is 0 Å². The first-order valence-corrected chi connectivity index (χ1v) is 7.90. The molecule has 0 atom stereocenters. The van der Waals surface area contributed by atoms with E-state index in [0.29, 0.717) is 12.3 Å². The number of hydrogen-bond acceptors (Lipinski definition) is 1. The normalized spacial score (nSPS) is 14.8. The number of rotatable bonds is 4. The summed E-state index contributed by atoms with van der Waals surface area (Å²) >= 11 is 3.42. The van der Waals surface area contributed by atoms with Gasteiger partial charge in [-0.1, -0.05) is 58.7 Å². The Labute approximate surface area is 128 Å². The maximum Gasteiger partial charge on any atom is 0.167 e. The van der Waals surface area contributed by atoms with E-state index >= 15 is 0 Å². The van der Waals surface area contributed by atoms with Gasteiger partial charge in [0.05, 0.1) is 0 Å². The highest BCUT2D eigenvalue weighted by Crippen LogP contribution is 2.38. The van der Waals surface area contributed by atoms with Crippen LogP contribution in [0.4, 0.5) is 0 Å². The van der Waals surface area contributed by atoms with Gasteiger partial charge in [-0.2, -0.15) is 0 Å². The van der Waals surface area contributed by atoms with Gasteiger partial charge in [0, 0.05) is 16.5 Å². The Morgan fingerprint density at radius 2 is 1.75 bits per heavy atom. The highest BCUT2D eigenvalue weighted by molar-refractivity contribution is 9.10. The van der Waals surface area contributed by atoms with Crippen molar-refractivity contribution in [3.8, 4) is 0 Å². The molecule has 1 saturated carbocycles. The third-order valence-electron chi connectivity index (χ3n) is 4.08. The predicted molar refractivity (Wildman–Crippen MR) is 85.2 cm³/mol. The number of Topliss-reactive ketones (excluding diaryl/α,β-unsaturated/α-hetero) is 1. The molecule has 0 amide bonds. The van der Waals surface area contributed by atoms with Gasteiger partial charge in [-0.25, -0.2) is 0 Å². The first-order valence-electron chi connectivity index (χ1n) is 7.10. The maximum atomic E-state index is 12.6. The van der Waals surface area contributed by atoms with Crippen molar-refractivity contribution < 1.29 is 4.79 Å². The average Bonchev–Trinajstić information content (AvgIpc) is 2.40. The van der Waals surface area contributed by atoms with Gasteiger partial charge in [0.2, 0.25) is 0 Å². The number of carbonyl (C=O) groups excluding carboxylic acids is 1. The van der Waals surface area contributed by atoms with E-state index in [4.69, 9.17) is 0 Å². The van der Waals surface area contributed by atoms with Gasteiger partial charge >= 0.3 is 0 Å². The Balaban J connectivity index is 1.81. The molecule has 0 radical (unpaired) electrons. The minimum atomic E-state index is 0.231. The maximum absolute atomic E-state index is 12.6. The Morgan fingerprint density at radius 3 is 2.40 bits per heavy atom. The van der Waals surface area contributed by atoms with Crippen LogP contribution in [0, 0.1) is 0 Å².